The summed E-state index contributed by atoms with van der Waals surface area (Å²) < 4.78 is 11.8. The van der Waals surface area contributed by atoms with Crippen molar-refractivity contribution in [3.8, 4) is 22.8 Å². The summed E-state index contributed by atoms with van der Waals surface area (Å²) in [5.41, 5.74) is 1.89. The highest BCUT2D eigenvalue weighted by molar-refractivity contribution is 5.93. The average molecular weight is 406 g/mol. The number of anilines is 2. The minimum absolute atomic E-state index is 0.163. The fraction of sp³-hybridized carbons (Fsp3) is 0.143. The van der Waals surface area contributed by atoms with Gasteiger partial charge in [0.15, 0.2) is 11.5 Å². The quantitative estimate of drug-likeness (QED) is 0.672. The molecule has 0 aliphatic carbocycles. The molecule has 0 saturated heterocycles. The Labute approximate surface area is 171 Å². The second-order valence-electron chi connectivity index (χ2n) is 6.62. The SMILES string of the molecule is CC(=O)Nc1cccc(NC(=O)Cn2cnc(-c3ccc4c(c3)OCO4)cc2=O)c1. The van der Waals surface area contributed by atoms with Gasteiger partial charge in [0.25, 0.3) is 5.56 Å². The highest BCUT2D eigenvalue weighted by Crippen LogP contribution is 2.35. The third-order valence-corrected chi connectivity index (χ3v) is 4.33. The maximum absolute atomic E-state index is 12.4. The lowest BCUT2D eigenvalue weighted by Crippen LogP contribution is -2.27. The summed E-state index contributed by atoms with van der Waals surface area (Å²) in [4.78, 5) is 40.2. The number of fused-ring (bicyclic) bond motifs is 1. The molecule has 3 aromatic rings. The highest BCUT2D eigenvalue weighted by Gasteiger charge is 2.15. The lowest BCUT2D eigenvalue weighted by Gasteiger charge is -2.09. The summed E-state index contributed by atoms with van der Waals surface area (Å²) in [7, 11) is 0. The molecule has 0 unspecified atom stereocenters. The molecule has 2 amide bonds. The molecule has 2 N–H and O–H groups in total. The molecule has 0 saturated carbocycles. The zero-order valence-corrected chi connectivity index (χ0v) is 16.0. The lowest BCUT2D eigenvalue weighted by molar-refractivity contribution is -0.117. The molecule has 0 spiro atoms. The van der Waals surface area contributed by atoms with Gasteiger partial charge in [-0.25, -0.2) is 4.98 Å². The number of benzene rings is 2. The molecular formula is C21H18N4O5. The van der Waals surface area contributed by atoms with E-state index in [0.717, 1.165) is 0 Å². The summed E-state index contributed by atoms with van der Waals surface area (Å²) in [5.74, 6) is 0.638. The topological polar surface area (TPSA) is 112 Å². The van der Waals surface area contributed by atoms with E-state index in [1.54, 1.807) is 42.5 Å². The third kappa shape index (κ3) is 4.30. The van der Waals surface area contributed by atoms with Gasteiger partial charge in [-0.3, -0.25) is 19.0 Å². The number of rotatable bonds is 5. The fourth-order valence-corrected chi connectivity index (χ4v) is 2.99. The zero-order chi connectivity index (χ0) is 21.1. The van der Waals surface area contributed by atoms with Crippen molar-refractivity contribution in [3.63, 3.8) is 0 Å². The van der Waals surface area contributed by atoms with Crippen LogP contribution in [0, 0.1) is 0 Å². The molecular weight excluding hydrogens is 388 g/mol. The minimum Gasteiger partial charge on any atom is -0.454 e. The maximum Gasteiger partial charge on any atom is 0.254 e. The van der Waals surface area contributed by atoms with Gasteiger partial charge in [-0.2, -0.15) is 0 Å². The Kier molecular flexibility index (Phi) is 5.17. The average Bonchev–Trinajstić information content (AvgIpc) is 3.17. The predicted octanol–water partition coefficient (Wildman–Crippen LogP) is 2.24. The second-order valence-corrected chi connectivity index (χ2v) is 6.62. The summed E-state index contributed by atoms with van der Waals surface area (Å²) in [6.45, 7) is 1.37. The van der Waals surface area contributed by atoms with Gasteiger partial charge in [0, 0.05) is 29.9 Å². The van der Waals surface area contributed by atoms with Crippen LogP contribution in [0.2, 0.25) is 0 Å². The normalized spacial score (nSPS) is 11.8. The molecule has 4 rings (SSSR count). The van der Waals surface area contributed by atoms with Crippen LogP contribution >= 0.6 is 0 Å². The number of amides is 2. The molecule has 1 aromatic heterocycles. The van der Waals surface area contributed by atoms with Crippen molar-refractivity contribution in [2.45, 2.75) is 13.5 Å². The Bertz CT molecular complexity index is 1190. The Morgan fingerprint density at radius 1 is 1.03 bits per heavy atom. The number of ether oxygens (including phenoxy) is 2. The zero-order valence-electron chi connectivity index (χ0n) is 16.0. The van der Waals surface area contributed by atoms with Crippen LogP contribution in [0.15, 0.2) is 59.7 Å². The lowest BCUT2D eigenvalue weighted by atomic mass is 10.1. The van der Waals surface area contributed by atoms with Gasteiger partial charge in [-0.05, 0) is 36.4 Å². The van der Waals surface area contributed by atoms with Crippen molar-refractivity contribution in [2.24, 2.45) is 0 Å². The van der Waals surface area contributed by atoms with E-state index in [-0.39, 0.29) is 24.8 Å². The maximum atomic E-state index is 12.4. The van der Waals surface area contributed by atoms with Crippen molar-refractivity contribution in [3.05, 3.63) is 65.2 Å². The standard InChI is InChI=1S/C21H18N4O5/c1-13(26)23-15-3-2-4-16(8-15)24-20(27)10-25-11-22-17(9-21(25)28)14-5-6-18-19(7-14)30-12-29-18/h2-9,11H,10,12H2,1H3,(H,23,26)(H,24,27). The Morgan fingerprint density at radius 3 is 2.57 bits per heavy atom. The molecule has 0 fully saturated rings. The molecule has 2 heterocycles. The van der Waals surface area contributed by atoms with Crippen molar-refractivity contribution < 1.29 is 19.1 Å². The summed E-state index contributed by atoms with van der Waals surface area (Å²) >= 11 is 0. The van der Waals surface area contributed by atoms with Crippen molar-refractivity contribution in [2.75, 3.05) is 17.4 Å². The van der Waals surface area contributed by atoms with E-state index in [1.807, 2.05) is 0 Å². The Morgan fingerprint density at radius 2 is 1.80 bits per heavy atom. The smallest absolute Gasteiger partial charge is 0.254 e. The summed E-state index contributed by atoms with van der Waals surface area (Å²) in [5, 5.41) is 5.34. The van der Waals surface area contributed by atoms with E-state index in [4.69, 9.17) is 9.47 Å². The van der Waals surface area contributed by atoms with Crippen molar-refractivity contribution >= 4 is 23.2 Å². The number of carbonyl (C=O) groups is 2. The molecule has 152 valence electrons. The van der Waals surface area contributed by atoms with Gasteiger partial charge < -0.3 is 20.1 Å². The van der Waals surface area contributed by atoms with Gasteiger partial charge in [0.05, 0.1) is 12.0 Å². The highest BCUT2D eigenvalue weighted by atomic mass is 16.7. The molecule has 2 aromatic carbocycles. The van der Waals surface area contributed by atoms with Gasteiger partial charge >= 0.3 is 0 Å². The summed E-state index contributed by atoms with van der Waals surface area (Å²) in [6, 6.07) is 13.4. The van der Waals surface area contributed by atoms with Crippen LogP contribution in [0.25, 0.3) is 11.3 Å². The Hall–Kier alpha value is -4.14. The molecule has 0 radical (unpaired) electrons. The van der Waals surface area contributed by atoms with Crippen LogP contribution < -0.4 is 25.7 Å². The van der Waals surface area contributed by atoms with E-state index >= 15 is 0 Å². The van der Waals surface area contributed by atoms with Gasteiger partial charge in [0.2, 0.25) is 18.6 Å². The molecule has 1 aliphatic heterocycles. The van der Waals surface area contributed by atoms with Gasteiger partial charge in [0.1, 0.15) is 6.54 Å². The summed E-state index contributed by atoms with van der Waals surface area (Å²) in [6.07, 6.45) is 1.33. The molecule has 9 heteroatoms. The first-order valence-electron chi connectivity index (χ1n) is 9.12. The largest absolute Gasteiger partial charge is 0.454 e. The van der Waals surface area contributed by atoms with Crippen molar-refractivity contribution in [1.29, 1.82) is 0 Å². The van der Waals surface area contributed by atoms with Crippen LogP contribution in [-0.2, 0) is 16.1 Å². The number of hydrogen-bond donors (Lipinski definition) is 2. The monoisotopic (exact) mass is 406 g/mol. The van der Waals surface area contributed by atoms with Crippen LogP contribution in [0.4, 0.5) is 11.4 Å². The van der Waals surface area contributed by atoms with Crippen LogP contribution in [0.3, 0.4) is 0 Å². The number of hydrogen-bond acceptors (Lipinski definition) is 6. The predicted molar refractivity (Wildman–Crippen MR) is 109 cm³/mol. The van der Waals surface area contributed by atoms with Crippen LogP contribution in [-0.4, -0.2) is 28.2 Å². The number of aromatic nitrogens is 2. The molecule has 0 atom stereocenters. The van der Waals surface area contributed by atoms with Crippen LogP contribution in [0.1, 0.15) is 6.92 Å². The molecule has 30 heavy (non-hydrogen) atoms. The molecule has 9 nitrogen and oxygen atoms in total. The van der Waals surface area contributed by atoms with E-state index in [2.05, 4.69) is 15.6 Å². The number of carbonyl (C=O) groups excluding carboxylic acids is 2. The van der Waals surface area contributed by atoms with Gasteiger partial charge in [-0.15, -0.1) is 0 Å². The molecule has 1 aliphatic rings. The first-order chi connectivity index (χ1) is 14.5. The first-order valence-corrected chi connectivity index (χ1v) is 9.12. The van der Waals surface area contributed by atoms with E-state index in [0.29, 0.717) is 34.1 Å². The molecule has 0 bridgehead atoms. The van der Waals surface area contributed by atoms with E-state index in [1.165, 1.54) is 23.9 Å². The fourth-order valence-electron chi connectivity index (χ4n) is 2.99. The second kappa shape index (κ2) is 8.08. The number of nitrogens with one attached hydrogen (secondary N) is 2. The van der Waals surface area contributed by atoms with E-state index < -0.39 is 5.91 Å². The number of nitrogens with zero attached hydrogens (tertiary/aromatic N) is 2. The van der Waals surface area contributed by atoms with Crippen LogP contribution in [0.5, 0.6) is 11.5 Å². The Balaban J connectivity index is 1.45. The van der Waals surface area contributed by atoms with Gasteiger partial charge in [-0.1, -0.05) is 6.07 Å². The first kappa shape index (κ1) is 19.2. The minimum atomic E-state index is -0.394. The van der Waals surface area contributed by atoms with Crippen molar-refractivity contribution in [1.82, 2.24) is 9.55 Å². The third-order valence-electron chi connectivity index (χ3n) is 4.33. The van der Waals surface area contributed by atoms with E-state index in [9.17, 15) is 14.4 Å².